The fraction of sp³-hybridized carbons (Fsp3) is 0.206. The third-order valence-corrected chi connectivity index (χ3v) is 6.60. The van der Waals surface area contributed by atoms with Crippen molar-refractivity contribution in [1.29, 1.82) is 0 Å². The van der Waals surface area contributed by atoms with Crippen LogP contribution in [0.1, 0.15) is 35.3 Å². The van der Waals surface area contributed by atoms with Crippen LogP contribution < -0.4 is 9.47 Å². The van der Waals surface area contributed by atoms with E-state index in [1.165, 1.54) is 56.7 Å². The van der Waals surface area contributed by atoms with Crippen molar-refractivity contribution in [3.8, 4) is 22.6 Å². The first-order valence-electron chi connectivity index (χ1n) is 13.7. The highest BCUT2D eigenvalue weighted by Crippen LogP contribution is 2.34. The molecule has 4 aromatic carbocycles. The number of carbonyl (C=O) groups excluding carboxylic acids is 3. The number of rotatable bonds is 12. The predicted octanol–water partition coefficient (Wildman–Crippen LogP) is 6.94. The monoisotopic (exact) mass is 622 g/mol. The molecule has 0 aliphatic heterocycles. The van der Waals surface area contributed by atoms with Crippen LogP contribution in [0.4, 0.5) is 13.2 Å². The van der Waals surface area contributed by atoms with Crippen LogP contribution in [-0.4, -0.2) is 38.5 Å². The Bertz CT molecular complexity index is 1590. The van der Waals surface area contributed by atoms with E-state index in [0.717, 1.165) is 11.1 Å². The molecule has 234 valence electrons. The van der Waals surface area contributed by atoms with Gasteiger partial charge < -0.3 is 23.7 Å². The zero-order valence-corrected chi connectivity index (χ0v) is 24.3. The van der Waals surface area contributed by atoms with Crippen molar-refractivity contribution in [2.24, 2.45) is 0 Å². The number of halogens is 3. The molecule has 8 nitrogen and oxygen atoms in total. The number of methoxy groups -OCH3 is 2. The highest BCUT2D eigenvalue weighted by molar-refractivity contribution is 5.81. The summed E-state index contributed by atoms with van der Waals surface area (Å²) in [5, 5.41) is 0. The lowest BCUT2D eigenvalue weighted by Crippen LogP contribution is -2.28. The summed E-state index contributed by atoms with van der Waals surface area (Å²) in [7, 11) is 2.83. The van der Waals surface area contributed by atoms with Crippen LogP contribution in [0.3, 0.4) is 0 Å². The quantitative estimate of drug-likeness (QED) is 0.124. The standard InChI is InChI=1S/C34H29F3O8/c1-41-27-18-17-26(20-29(27)42-2)28(43-30(38)19-22-13-15-24(16-14-22)23-9-5-3-6-10-23)21-31(39)44-32(25-11-7-4-8-12-25)33(40)45-34(35,36)37/h3-18,20,28,32H,19,21H2,1-2H3. The Hall–Kier alpha value is -5.32. The Labute approximate surface area is 257 Å². The van der Waals surface area contributed by atoms with E-state index in [-0.39, 0.29) is 17.7 Å². The topological polar surface area (TPSA) is 97.4 Å². The molecule has 2 unspecified atom stereocenters. The average molecular weight is 623 g/mol. The van der Waals surface area contributed by atoms with Gasteiger partial charge in [-0.3, -0.25) is 9.59 Å². The lowest BCUT2D eigenvalue weighted by atomic mass is 10.0. The molecular weight excluding hydrogens is 593 g/mol. The summed E-state index contributed by atoms with van der Waals surface area (Å²) >= 11 is 0. The number of carbonyl (C=O) groups is 3. The van der Waals surface area contributed by atoms with Gasteiger partial charge in [-0.25, -0.2) is 4.79 Å². The SMILES string of the molecule is COc1ccc(C(CC(=O)OC(C(=O)OC(F)(F)F)c2ccccc2)OC(=O)Cc2ccc(-c3ccccc3)cc2)cc1OC. The second-order valence-electron chi connectivity index (χ2n) is 9.68. The summed E-state index contributed by atoms with van der Waals surface area (Å²) in [5.41, 5.74) is 2.87. The lowest BCUT2D eigenvalue weighted by Gasteiger charge is -2.22. The van der Waals surface area contributed by atoms with Gasteiger partial charge in [-0.1, -0.05) is 91.0 Å². The van der Waals surface area contributed by atoms with Crippen LogP contribution in [0.5, 0.6) is 11.5 Å². The summed E-state index contributed by atoms with van der Waals surface area (Å²) < 4.78 is 63.6. The lowest BCUT2D eigenvalue weighted by molar-refractivity contribution is -0.309. The maximum atomic E-state index is 13.1. The normalized spacial score (nSPS) is 12.4. The summed E-state index contributed by atoms with van der Waals surface area (Å²) in [6.07, 6.45) is -9.36. The summed E-state index contributed by atoms with van der Waals surface area (Å²) in [5.74, 6) is -3.00. The van der Waals surface area contributed by atoms with E-state index >= 15 is 0 Å². The van der Waals surface area contributed by atoms with Crippen molar-refractivity contribution in [2.45, 2.75) is 31.4 Å². The number of esters is 3. The number of benzene rings is 4. The van der Waals surface area contributed by atoms with Gasteiger partial charge in [0, 0.05) is 5.56 Å². The fourth-order valence-corrected chi connectivity index (χ4v) is 4.47. The van der Waals surface area contributed by atoms with Crippen LogP contribution >= 0.6 is 0 Å². The van der Waals surface area contributed by atoms with E-state index in [9.17, 15) is 27.6 Å². The van der Waals surface area contributed by atoms with Crippen LogP contribution in [-0.2, 0) is 35.0 Å². The highest BCUT2D eigenvalue weighted by Gasteiger charge is 2.39. The van der Waals surface area contributed by atoms with E-state index in [0.29, 0.717) is 16.9 Å². The molecule has 0 aliphatic carbocycles. The Balaban J connectivity index is 1.54. The van der Waals surface area contributed by atoms with Crippen molar-refractivity contribution < 1.29 is 51.2 Å². The molecule has 0 amide bonds. The van der Waals surface area contributed by atoms with Gasteiger partial charge in [-0.05, 0) is 34.4 Å². The second-order valence-corrected chi connectivity index (χ2v) is 9.68. The molecule has 0 fully saturated rings. The molecule has 0 saturated heterocycles. The largest absolute Gasteiger partial charge is 0.575 e. The third kappa shape index (κ3) is 9.33. The van der Waals surface area contributed by atoms with Gasteiger partial charge in [0.25, 0.3) is 0 Å². The van der Waals surface area contributed by atoms with Gasteiger partial charge in [0.1, 0.15) is 6.10 Å². The van der Waals surface area contributed by atoms with Gasteiger partial charge in [-0.2, -0.15) is 0 Å². The molecule has 0 saturated carbocycles. The van der Waals surface area contributed by atoms with E-state index < -0.39 is 42.9 Å². The van der Waals surface area contributed by atoms with Gasteiger partial charge >= 0.3 is 24.3 Å². The van der Waals surface area contributed by atoms with Crippen molar-refractivity contribution in [3.05, 3.63) is 120 Å². The Morgan fingerprint density at radius 1 is 0.667 bits per heavy atom. The van der Waals surface area contributed by atoms with Gasteiger partial charge in [0.15, 0.2) is 11.5 Å². The minimum absolute atomic E-state index is 0.0429. The minimum Gasteiger partial charge on any atom is -0.493 e. The molecular formula is C34H29F3O8. The molecule has 0 aliphatic rings. The Morgan fingerprint density at radius 3 is 1.87 bits per heavy atom. The smallest absolute Gasteiger partial charge is 0.493 e. The van der Waals surface area contributed by atoms with Crippen molar-refractivity contribution in [1.82, 2.24) is 0 Å². The first kappa shape index (κ1) is 32.6. The van der Waals surface area contributed by atoms with E-state index in [2.05, 4.69) is 4.74 Å². The molecule has 0 aromatic heterocycles. The minimum atomic E-state index is -5.30. The Kier molecular flexibility index (Phi) is 10.8. The van der Waals surface area contributed by atoms with E-state index in [1.54, 1.807) is 18.2 Å². The van der Waals surface area contributed by atoms with Gasteiger partial charge in [0.05, 0.1) is 27.1 Å². The summed E-state index contributed by atoms with van der Waals surface area (Å²) in [4.78, 5) is 38.6. The van der Waals surface area contributed by atoms with E-state index in [1.807, 2.05) is 42.5 Å². The zero-order valence-electron chi connectivity index (χ0n) is 24.3. The predicted molar refractivity (Wildman–Crippen MR) is 156 cm³/mol. The number of hydrogen-bond acceptors (Lipinski definition) is 8. The molecule has 0 radical (unpaired) electrons. The van der Waals surface area contributed by atoms with Crippen LogP contribution in [0.15, 0.2) is 103 Å². The molecule has 2 atom stereocenters. The molecule has 4 aromatic rings. The number of ether oxygens (including phenoxy) is 5. The summed E-state index contributed by atoms with van der Waals surface area (Å²) in [6, 6.07) is 28.6. The average Bonchev–Trinajstić information content (AvgIpc) is 3.03. The maximum Gasteiger partial charge on any atom is 0.575 e. The molecule has 0 bridgehead atoms. The first-order chi connectivity index (χ1) is 21.6. The van der Waals surface area contributed by atoms with Gasteiger partial charge in [0.2, 0.25) is 6.10 Å². The van der Waals surface area contributed by atoms with Crippen LogP contribution in [0.25, 0.3) is 11.1 Å². The first-order valence-corrected chi connectivity index (χ1v) is 13.7. The van der Waals surface area contributed by atoms with Gasteiger partial charge in [-0.15, -0.1) is 13.2 Å². The Morgan fingerprint density at radius 2 is 1.27 bits per heavy atom. The molecule has 0 N–H and O–H groups in total. The van der Waals surface area contributed by atoms with Crippen molar-refractivity contribution in [3.63, 3.8) is 0 Å². The number of alkyl halides is 3. The maximum absolute atomic E-state index is 13.1. The second kappa shape index (κ2) is 14.9. The third-order valence-electron chi connectivity index (χ3n) is 6.60. The highest BCUT2D eigenvalue weighted by atomic mass is 19.4. The molecule has 4 rings (SSSR count). The fourth-order valence-electron chi connectivity index (χ4n) is 4.47. The number of hydrogen-bond donors (Lipinski definition) is 0. The van der Waals surface area contributed by atoms with Crippen LogP contribution in [0.2, 0.25) is 0 Å². The zero-order chi connectivity index (χ0) is 32.4. The molecule has 0 heterocycles. The molecule has 11 heteroatoms. The molecule has 45 heavy (non-hydrogen) atoms. The molecule has 0 spiro atoms. The van der Waals surface area contributed by atoms with Crippen molar-refractivity contribution in [2.75, 3.05) is 14.2 Å². The van der Waals surface area contributed by atoms with Crippen molar-refractivity contribution >= 4 is 17.9 Å². The van der Waals surface area contributed by atoms with E-state index in [4.69, 9.17) is 18.9 Å². The summed E-state index contributed by atoms with van der Waals surface area (Å²) in [6.45, 7) is 0. The van der Waals surface area contributed by atoms with Crippen LogP contribution in [0, 0.1) is 0 Å².